The maximum atomic E-state index is 12.9. The van der Waals surface area contributed by atoms with E-state index in [1.165, 1.54) is 30.6 Å². The van der Waals surface area contributed by atoms with Crippen molar-refractivity contribution in [2.45, 2.75) is 57.4 Å². The predicted molar refractivity (Wildman–Crippen MR) is 99.2 cm³/mol. The summed E-state index contributed by atoms with van der Waals surface area (Å²) in [7, 11) is 0. The molecule has 1 atom stereocenters. The molecule has 0 unspecified atom stereocenters. The summed E-state index contributed by atoms with van der Waals surface area (Å²) in [5.41, 5.74) is 0. The van der Waals surface area contributed by atoms with Gasteiger partial charge in [-0.1, -0.05) is 18.9 Å². The highest BCUT2D eigenvalue weighted by Crippen LogP contribution is 2.38. The molecule has 1 aromatic heterocycles. The molecule has 1 aromatic rings. The summed E-state index contributed by atoms with van der Waals surface area (Å²) in [6.07, 6.45) is 8.74. The van der Waals surface area contributed by atoms with E-state index in [9.17, 15) is 9.59 Å². The molecular weight excluding hydrogens is 332 g/mol. The maximum absolute atomic E-state index is 12.9. The number of thiophene rings is 1. The topological polar surface area (TPSA) is 49.4 Å². The Kier molecular flexibility index (Phi) is 5.11. The molecule has 0 bridgehead atoms. The van der Waals surface area contributed by atoms with Crippen molar-refractivity contribution in [2.75, 3.05) is 13.1 Å². The van der Waals surface area contributed by atoms with Crippen LogP contribution in [-0.4, -0.2) is 29.8 Å². The van der Waals surface area contributed by atoms with E-state index in [0.717, 1.165) is 38.8 Å². The van der Waals surface area contributed by atoms with Gasteiger partial charge < -0.3 is 10.2 Å². The molecule has 0 spiro atoms. The molecule has 136 valence electrons. The van der Waals surface area contributed by atoms with Crippen LogP contribution >= 0.6 is 11.3 Å². The average molecular weight is 361 g/mol. The summed E-state index contributed by atoms with van der Waals surface area (Å²) in [6.45, 7) is 1.50. The number of carbonyl (C=O) groups excluding carboxylic acids is 2. The van der Waals surface area contributed by atoms with Crippen molar-refractivity contribution >= 4 is 23.2 Å². The highest BCUT2D eigenvalue weighted by atomic mass is 32.1. The van der Waals surface area contributed by atoms with Crippen LogP contribution in [-0.2, 0) is 9.59 Å². The second kappa shape index (κ2) is 7.48. The second-order valence-corrected chi connectivity index (χ2v) is 8.90. The van der Waals surface area contributed by atoms with Crippen LogP contribution in [0.4, 0.5) is 0 Å². The fourth-order valence-electron chi connectivity index (χ4n) is 4.40. The van der Waals surface area contributed by atoms with Crippen molar-refractivity contribution in [1.82, 2.24) is 10.2 Å². The first-order valence-electron chi connectivity index (χ1n) is 9.85. The molecule has 2 amide bonds. The number of carbonyl (C=O) groups is 2. The number of nitrogens with zero attached hydrogens (tertiary/aromatic N) is 1. The molecule has 1 saturated heterocycles. The van der Waals surface area contributed by atoms with Gasteiger partial charge >= 0.3 is 0 Å². The van der Waals surface area contributed by atoms with Crippen LogP contribution < -0.4 is 5.32 Å². The van der Waals surface area contributed by atoms with Gasteiger partial charge in [0.15, 0.2) is 0 Å². The van der Waals surface area contributed by atoms with E-state index in [2.05, 4.69) is 22.8 Å². The van der Waals surface area contributed by atoms with Gasteiger partial charge in [0, 0.05) is 29.8 Å². The monoisotopic (exact) mass is 360 g/mol. The van der Waals surface area contributed by atoms with Crippen molar-refractivity contribution in [3.05, 3.63) is 22.4 Å². The molecule has 2 heterocycles. The number of piperidine rings is 1. The molecule has 25 heavy (non-hydrogen) atoms. The standard InChI is InChI=1S/C20H28N2O2S/c23-19(15-9-11-22(12-10-15)20(24)16-7-8-16)21-18(14-4-1-2-5-14)17-6-3-13-25-17/h3,6,13-16,18H,1-2,4-5,7-12H2,(H,21,23)/t18-/m0/s1. The minimum absolute atomic E-state index is 0.0621. The van der Waals surface area contributed by atoms with Gasteiger partial charge in [-0.05, 0) is 55.9 Å². The summed E-state index contributed by atoms with van der Waals surface area (Å²) >= 11 is 1.75. The van der Waals surface area contributed by atoms with Gasteiger partial charge in [-0.25, -0.2) is 0 Å². The first kappa shape index (κ1) is 17.1. The van der Waals surface area contributed by atoms with Crippen LogP contribution in [0.3, 0.4) is 0 Å². The normalized spacial score (nSPS) is 23.6. The highest BCUT2D eigenvalue weighted by molar-refractivity contribution is 7.10. The molecule has 2 saturated carbocycles. The average Bonchev–Trinajstić information content (AvgIpc) is 3.12. The molecule has 1 N–H and O–H groups in total. The highest BCUT2D eigenvalue weighted by Gasteiger charge is 2.37. The van der Waals surface area contributed by atoms with Gasteiger partial charge in [0.1, 0.15) is 0 Å². The third-order valence-corrected chi connectivity index (χ3v) is 7.08. The Morgan fingerprint density at radius 1 is 1.04 bits per heavy atom. The summed E-state index contributed by atoms with van der Waals surface area (Å²) < 4.78 is 0. The van der Waals surface area contributed by atoms with Gasteiger partial charge in [-0.15, -0.1) is 11.3 Å². The molecule has 3 fully saturated rings. The van der Waals surface area contributed by atoms with Crippen molar-refractivity contribution in [3.63, 3.8) is 0 Å². The van der Waals surface area contributed by atoms with E-state index in [1.54, 1.807) is 11.3 Å². The zero-order valence-electron chi connectivity index (χ0n) is 14.8. The van der Waals surface area contributed by atoms with Gasteiger partial charge in [0.2, 0.25) is 11.8 Å². The Balaban J connectivity index is 1.34. The molecule has 3 aliphatic rings. The molecular formula is C20H28N2O2S. The fraction of sp³-hybridized carbons (Fsp3) is 0.700. The molecule has 4 nitrogen and oxygen atoms in total. The fourth-order valence-corrected chi connectivity index (χ4v) is 5.27. The van der Waals surface area contributed by atoms with Crippen LogP contribution in [0.5, 0.6) is 0 Å². The van der Waals surface area contributed by atoms with Crippen molar-refractivity contribution < 1.29 is 9.59 Å². The van der Waals surface area contributed by atoms with Crippen molar-refractivity contribution in [1.29, 1.82) is 0 Å². The zero-order chi connectivity index (χ0) is 17.2. The lowest BCUT2D eigenvalue weighted by Gasteiger charge is -2.33. The SMILES string of the molecule is O=C(N[C@H](c1cccs1)C1CCCC1)C1CCN(C(=O)C2CC2)CC1. The van der Waals surface area contributed by atoms with Gasteiger partial charge in [-0.3, -0.25) is 9.59 Å². The second-order valence-electron chi connectivity index (χ2n) is 7.92. The number of rotatable bonds is 5. The lowest BCUT2D eigenvalue weighted by molar-refractivity contribution is -0.137. The minimum Gasteiger partial charge on any atom is -0.348 e. The van der Waals surface area contributed by atoms with Gasteiger partial charge in [0.25, 0.3) is 0 Å². The van der Waals surface area contributed by atoms with Crippen LogP contribution in [0.15, 0.2) is 17.5 Å². The summed E-state index contributed by atoms with van der Waals surface area (Å²) in [4.78, 5) is 28.3. The van der Waals surface area contributed by atoms with E-state index in [-0.39, 0.29) is 23.8 Å². The lowest BCUT2D eigenvalue weighted by Crippen LogP contribution is -2.44. The lowest BCUT2D eigenvalue weighted by atomic mass is 9.92. The van der Waals surface area contributed by atoms with Crippen molar-refractivity contribution in [2.24, 2.45) is 17.8 Å². The largest absolute Gasteiger partial charge is 0.348 e. The number of hydrogen-bond donors (Lipinski definition) is 1. The first-order chi connectivity index (χ1) is 12.2. The van der Waals surface area contributed by atoms with E-state index >= 15 is 0 Å². The molecule has 0 radical (unpaired) electrons. The van der Waals surface area contributed by atoms with Gasteiger partial charge in [-0.2, -0.15) is 0 Å². The quantitative estimate of drug-likeness (QED) is 0.869. The van der Waals surface area contributed by atoms with E-state index in [1.807, 2.05) is 4.90 Å². The van der Waals surface area contributed by atoms with E-state index in [0.29, 0.717) is 11.8 Å². The Bertz CT molecular complexity index is 597. The first-order valence-corrected chi connectivity index (χ1v) is 10.7. The molecule has 0 aromatic carbocycles. The van der Waals surface area contributed by atoms with Crippen molar-refractivity contribution in [3.8, 4) is 0 Å². The number of hydrogen-bond acceptors (Lipinski definition) is 3. The van der Waals surface area contributed by atoms with Crippen LogP contribution in [0.1, 0.15) is 62.3 Å². The number of likely N-dealkylation sites (tertiary alicyclic amines) is 1. The smallest absolute Gasteiger partial charge is 0.225 e. The van der Waals surface area contributed by atoms with Crippen LogP contribution in [0.2, 0.25) is 0 Å². The van der Waals surface area contributed by atoms with E-state index < -0.39 is 0 Å². The predicted octanol–water partition coefficient (Wildman–Crippen LogP) is 3.74. The number of amides is 2. The zero-order valence-corrected chi connectivity index (χ0v) is 15.6. The summed E-state index contributed by atoms with van der Waals surface area (Å²) in [5.74, 6) is 1.45. The summed E-state index contributed by atoms with van der Waals surface area (Å²) in [5, 5.41) is 5.48. The Labute approximate surface area is 154 Å². The maximum Gasteiger partial charge on any atom is 0.225 e. The Morgan fingerprint density at radius 3 is 2.36 bits per heavy atom. The van der Waals surface area contributed by atoms with E-state index in [4.69, 9.17) is 0 Å². The third-order valence-electron chi connectivity index (χ3n) is 6.12. The molecule has 2 aliphatic carbocycles. The molecule has 5 heteroatoms. The molecule has 1 aliphatic heterocycles. The Hall–Kier alpha value is -1.36. The van der Waals surface area contributed by atoms with Crippen LogP contribution in [0.25, 0.3) is 0 Å². The number of nitrogens with one attached hydrogen (secondary N) is 1. The Morgan fingerprint density at radius 2 is 1.76 bits per heavy atom. The minimum atomic E-state index is 0.0621. The summed E-state index contributed by atoms with van der Waals surface area (Å²) in [6, 6.07) is 4.42. The third kappa shape index (κ3) is 3.91. The molecule has 4 rings (SSSR count). The van der Waals surface area contributed by atoms with Crippen LogP contribution in [0, 0.1) is 17.8 Å². The van der Waals surface area contributed by atoms with Gasteiger partial charge in [0.05, 0.1) is 6.04 Å².